The van der Waals surface area contributed by atoms with Crippen LogP contribution in [0.5, 0.6) is 0 Å². The average Bonchev–Trinajstić information content (AvgIpc) is 2.49. The van der Waals surface area contributed by atoms with Crippen LogP contribution in [0, 0.1) is 13.8 Å². The van der Waals surface area contributed by atoms with E-state index in [-0.39, 0.29) is 0 Å². The maximum atomic E-state index is 4.62. The molecule has 1 heterocycles. The Morgan fingerprint density at radius 2 is 1.45 bits per heavy atom. The summed E-state index contributed by atoms with van der Waals surface area (Å²) in [6.45, 7) is 4.24. The summed E-state index contributed by atoms with van der Waals surface area (Å²) in [4.78, 5) is 4.62. The molecule has 0 spiro atoms. The zero-order valence-electron chi connectivity index (χ0n) is 11.8. The smallest absolute Gasteiger partial charge is 0.0705 e. The first kappa shape index (κ1) is 12.6. The largest absolute Gasteiger partial charge is 0.256 e. The Morgan fingerprint density at radius 3 is 2.10 bits per heavy atom. The second kappa shape index (κ2) is 5.30. The Hall–Kier alpha value is -2.41. The molecule has 20 heavy (non-hydrogen) atoms. The van der Waals surface area contributed by atoms with Crippen LogP contribution in [0.25, 0.3) is 22.4 Å². The fourth-order valence-corrected chi connectivity index (χ4v) is 2.36. The third-order valence-corrected chi connectivity index (χ3v) is 3.54. The van der Waals surface area contributed by atoms with Crippen LogP contribution in [0.4, 0.5) is 0 Å². The number of benzene rings is 2. The van der Waals surface area contributed by atoms with Gasteiger partial charge in [0, 0.05) is 17.3 Å². The van der Waals surface area contributed by atoms with Gasteiger partial charge < -0.3 is 0 Å². The van der Waals surface area contributed by atoms with Crippen molar-refractivity contribution in [2.75, 3.05) is 0 Å². The highest BCUT2D eigenvalue weighted by molar-refractivity contribution is 5.70. The molecule has 2 aromatic carbocycles. The molecule has 0 saturated heterocycles. The minimum absolute atomic E-state index is 1.03. The van der Waals surface area contributed by atoms with Gasteiger partial charge in [-0.25, -0.2) is 0 Å². The van der Waals surface area contributed by atoms with Crippen LogP contribution >= 0.6 is 0 Å². The molecule has 98 valence electrons. The van der Waals surface area contributed by atoms with Crippen molar-refractivity contribution in [3.05, 3.63) is 78.0 Å². The summed E-state index contributed by atoms with van der Waals surface area (Å²) >= 11 is 0. The zero-order chi connectivity index (χ0) is 13.9. The normalized spacial score (nSPS) is 10.5. The highest BCUT2D eigenvalue weighted by Crippen LogP contribution is 2.26. The predicted octanol–water partition coefficient (Wildman–Crippen LogP) is 5.03. The summed E-state index contributed by atoms with van der Waals surface area (Å²) in [5, 5.41) is 0. The van der Waals surface area contributed by atoms with Crippen LogP contribution in [0.3, 0.4) is 0 Å². The maximum Gasteiger partial charge on any atom is 0.0705 e. The Morgan fingerprint density at radius 1 is 0.750 bits per heavy atom. The van der Waals surface area contributed by atoms with Crippen molar-refractivity contribution in [3.8, 4) is 22.4 Å². The van der Waals surface area contributed by atoms with Gasteiger partial charge in [-0.15, -0.1) is 0 Å². The lowest BCUT2D eigenvalue weighted by Crippen LogP contribution is -1.89. The molecule has 0 N–H and O–H groups in total. The van der Waals surface area contributed by atoms with E-state index in [2.05, 4.69) is 73.4 Å². The lowest BCUT2D eigenvalue weighted by Gasteiger charge is -2.08. The quantitative estimate of drug-likeness (QED) is 0.628. The first-order chi connectivity index (χ1) is 9.74. The first-order valence-electron chi connectivity index (χ1n) is 6.83. The van der Waals surface area contributed by atoms with E-state index in [1.165, 1.54) is 27.8 Å². The monoisotopic (exact) mass is 259 g/mol. The molecule has 0 saturated carbocycles. The Labute approximate surface area is 119 Å². The van der Waals surface area contributed by atoms with Crippen LogP contribution < -0.4 is 0 Å². The number of nitrogens with zero attached hydrogens (tertiary/aromatic N) is 1. The number of aryl methyl sites for hydroxylation is 2. The fourth-order valence-electron chi connectivity index (χ4n) is 2.36. The van der Waals surface area contributed by atoms with Gasteiger partial charge in [0.05, 0.1) is 5.69 Å². The van der Waals surface area contributed by atoms with Crippen molar-refractivity contribution in [1.29, 1.82) is 0 Å². The lowest BCUT2D eigenvalue weighted by atomic mass is 10.0. The summed E-state index contributed by atoms with van der Waals surface area (Å²) < 4.78 is 0. The number of rotatable bonds is 2. The van der Waals surface area contributed by atoms with Gasteiger partial charge in [0.25, 0.3) is 0 Å². The van der Waals surface area contributed by atoms with Gasteiger partial charge in [0.2, 0.25) is 0 Å². The summed E-state index contributed by atoms with van der Waals surface area (Å²) in [6, 6.07) is 21.0. The van der Waals surface area contributed by atoms with Crippen LogP contribution in [0.2, 0.25) is 0 Å². The Balaban J connectivity index is 2.01. The molecule has 3 aromatic rings. The molecule has 0 radical (unpaired) electrons. The van der Waals surface area contributed by atoms with Gasteiger partial charge in [-0.05, 0) is 31.0 Å². The molecule has 0 aliphatic rings. The third-order valence-electron chi connectivity index (χ3n) is 3.54. The van der Waals surface area contributed by atoms with Crippen molar-refractivity contribution in [3.63, 3.8) is 0 Å². The summed E-state index contributed by atoms with van der Waals surface area (Å²) in [6.07, 6.45) is 1.97. The van der Waals surface area contributed by atoms with Gasteiger partial charge in [0.15, 0.2) is 0 Å². The molecule has 0 bridgehead atoms. The van der Waals surface area contributed by atoms with Crippen LogP contribution in [0.15, 0.2) is 66.9 Å². The summed E-state index contributed by atoms with van der Waals surface area (Å²) in [7, 11) is 0. The van der Waals surface area contributed by atoms with Gasteiger partial charge in [-0.1, -0.05) is 60.2 Å². The topological polar surface area (TPSA) is 12.9 Å². The first-order valence-corrected chi connectivity index (χ1v) is 6.83. The van der Waals surface area contributed by atoms with Gasteiger partial charge >= 0.3 is 0 Å². The molecule has 0 fully saturated rings. The molecule has 0 amide bonds. The second-order valence-corrected chi connectivity index (χ2v) is 5.12. The van der Waals surface area contributed by atoms with Crippen molar-refractivity contribution in [1.82, 2.24) is 4.98 Å². The molecule has 0 aliphatic carbocycles. The number of hydrogen-bond acceptors (Lipinski definition) is 1. The molecule has 1 aromatic heterocycles. The standard InChI is InChI=1S/C19H17N/c1-14-8-10-17(11-9-14)19-12-15(2)18(13-20-19)16-6-4-3-5-7-16/h3-13H,1-2H3. The predicted molar refractivity (Wildman–Crippen MR) is 84.6 cm³/mol. The Bertz CT molecular complexity index is 713. The zero-order valence-corrected chi connectivity index (χ0v) is 11.8. The van der Waals surface area contributed by atoms with Crippen molar-refractivity contribution in [2.24, 2.45) is 0 Å². The second-order valence-electron chi connectivity index (χ2n) is 5.12. The van der Waals surface area contributed by atoms with Crippen LogP contribution in [-0.4, -0.2) is 4.98 Å². The minimum Gasteiger partial charge on any atom is -0.256 e. The van der Waals surface area contributed by atoms with E-state index >= 15 is 0 Å². The fraction of sp³-hybridized carbons (Fsp3) is 0.105. The van der Waals surface area contributed by atoms with Crippen LogP contribution in [0.1, 0.15) is 11.1 Å². The molecular weight excluding hydrogens is 242 g/mol. The van der Waals surface area contributed by atoms with E-state index in [1.807, 2.05) is 12.3 Å². The highest BCUT2D eigenvalue weighted by Gasteiger charge is 2.05. The molecule has 3 rings (SSSR count). The third kappa shape index (κ3) is 2.48. The number of aromatic nitrogens is 1. The lowest BCUT2D eigenvalue weighted by molar-refractivity contribution is 1.28. The SMILES string of the molecule is Cc1ccc(-c2cc(C)c(-c3ccccc3)cn2)cc1. The van der Waals surface area contributed by atoms with E-state index in [4.69, 9.17) is 0 Å². The Kier molecular flexibility index (Phi) is 3.34. The average molecular weight is 259 g/mol. The van der Waals surface area contributed by atoms with Crippen molar-refractivity contribution in [2.45, 2.75) is 13.8 Å². The van der Waals surface area contributed by atoms with Crippen molar-refractivity contribution >= 4 is 0 Å². The van der Waals surface area contributed by atoms with Crippen molar-refractivity contribution < 1.29 is 0 Å². The minimum atomic E-state index is 1.03. The maximum absolute atomic E-state index is 4.62. The molecule has 0 aliphatic heterocycles. The number of pyridine rings is 1. The van der Waals surface area contributed by atoms with Gasteiger partial charge in [0.1, 0.15) is 0 Å². The highest BCUT2D eigenvalue weighted by atomic mass is 14.7. The van der Waals surface area contributed by atoms with E-state index in [9.17, 15) is 0 Å². The van der Waals surface area contributed by atoms with Gasteiger partial charge in [-0.2, -0.15) is 0 Å². The molecule has 0 atom stereocenters. The molecule has 0 unspecified atom stereocenters. The van der Waals surface area contributed by atoms with E-state index in [0.717, 1.165) is 5.69 Å². The summed E-state index contributed by atoms with van der Waals surface area (Å²) in [5.74, 6) is 0. The van der Waals surface area contributed by atoms with E-state index < -0.39 is 0 Å². The summed E-state index contributed by atoms with van der Waals surface area (Å²) in [5.41, 5.74) is 7.13. The van der Waals surface area contributed by atoms with E-state index in [0.29, 0.717) is 0 Å². The van der Waals surface area contributed by atoms with E-state index in [1.54, 1.807) is 0 Å². The molecule has 1 nitrogen and oxygen atoms in total. The number of hydrogen-bond donors (Lipinski definition) is 0. The molecule has 1 heteroatoms. The van der Waals surface area contributed by atoms with Gasteiger partial charge in [-0.3, -0.25) is 4.98 Å². The molecular formula is C19H17N. The van der Waals surface area contributed by atoms with Crippen LogP contribution in [-0.2, 0) is 0 Å².